The maximum absolute atomic E-state index is 13.1. The van der Waals surface area contributed by atoms with Crippen molar-refractivity contribution >= 4 is 55.6 Å². The molecule has 0 fully saturated rings. The molecule has 0 saturated heterocycles. The first-order valence-electron chi connectivity index (χ1n) is 10.8. The van der Waals surface area contributed by atoms with E-state index in [1.54, 1.807) is 46.6 Å². The van der Waals surface area contributed by atoms with Crippen LogP contribution in [0, 0.1) is 11.7 Å². The van der Waals surface area contributed by atoms with Crippen molar-refractivity contribution in [3.8, 4) is 10.6 Å². The van der Waals surface area contributed by atoms with Gasteiger partial charge in [0.1, 0.15) is 15.8 Å². The number of thiazole rings is 1. The summed E-state index contributed by atoms with van der Waals surface area (Å²) in [5, 5.41) is 5.12. The van der Waals surface area contributed by atoms with Gasteiger partial charge in [-0.3, -0.25) is 4.79 Å². The topological polar surface area (TPSA) is 42.0 Å². The maximum Gasteiger partial charge on any atom is 0.225 e. The van der Waals surface area contributed by atoms with Gasteiger partial charge in [0.15, 0.2) is 0 Å². The lowest BCUT2D eigenvalue weighted by molar-refractivity contribution is -0.115. The molecule has 2 aromatic heterocycles. The van der Waals surface area contributed by atoms with Gasteiger partial charge in [-0.25, -0.2) is 9.37 Å². The van der Waals surface area contributed by atoms with E-state index in [9.17, 15) is 9.18 Å². The molecule has 0 spiro atoms. The number of hydrogen-bond donors (Lipinski definition) is 1. The number of carbonyl (C=O) groups excluding carboxylic acids is 1. The number of halogens is 1. The Labute approximate surface area is 199 Å². The Morgan fingerprint density at radius 1 is 1.19 bits per heavy atom. The molecule has 3 nitrogen and oxygen atoms in total. The molecule has 2 heterocycles. The quantitative estimate of drug-likeness (QED) is 0.291. The average molecular weight is 483 g/mol. The molecule has 1 unspecified atom stereocenters. The molecule has 4 aromatic rings. The second kappa shape index (κ2) is 9.33. The number of nitrogens with one attached hydrogen (secondary N) is 1. The van der Waals surface area contributed by atoms with Gasteiger partial charge in [-0.05, 0) is 67.1 Å². The normalized spacial score (nSPS) is 15.6. The minimum absolute atomic E-state index is 0.00798. The predicted octanol–water partition coefficient (Wildman–Crippen LogP) is 7.41. The molecule has 0 bridgehead atoms. The largest absolute Gasteiger partial charge is 0.317 e. The van der Waals surface area contributed by atoms with E-state index < -0.39 is 0 Å². The Balaban J connectivity index is 1.37. The second-order valence-corrected chi connectivity index (χ2v) is 11.4. The number of fused-ring (bicyclic) bond motifs is 2. The molecular formula is C25H23FN2OS3. The summed E-state index contributed by atoms with van der Waals surface area (Å²) in [6.07, 6.45) is 3.67. The summed E-state index contributed by atoms with van der Waals surface area (Å²) in [6.45, 7) is 2.30. The van der Waals surface area contributed by atoms with Gasteiger partial charge in [-0.15, -0.1) is 34.4 Å². The first kappa shape index (κ1) is 21.6. The highest BCUT2D eigenvalue weighted by molar-refractivity contribution is 7.99. The highest BCUT2D eigenvalue weighted by atomic mass is 32.2. The summed E-state index contributed by atoms with van der Waals surface area (Å²) in [6, 6.07) is 14.6. The monoisotopic (exact) mass is 482 g/mol. The molecule has 7 heteroatoms. The number of amides is 1. The Bertz CT molecular complexity index is 1230. The van der Waals surface area contributed by atoms with Crippen molar-refractivity contribution in [2.24, 2.45) is 5.92 Å². The molecule has 32 heavy (non-hydrogen) atoms. The van der Waals surface area contributed by atoms with Gasteiger partial charge in [-0.2, -0.15) is 0 Å². The number of nitrogens with zero attached hydrogens (tertiary/aromatic N) is 1. The molecule has 1 amide bonds. The van der Waals surface area contributed by atoms with E-state index in [1.165, 1.54) is 33.7 Å². The molecule has 0 aliphatic heterocycles. The van der Waals surface area contributed by atoms with Gasteiger partial charge in [0.05, 0.1) is 10.2 Å². The molecule has 1 aliphatic rings. The van der Waals surface area contributed by atoms with Crippen molar-refractivity contribution < 1.29 is 9.18 Å². The predicted molar refractivity (Wildman–Crippen MR) is 134 cm³/mol. The Morgan fingerprint density at radius 3 is 2.81 bits per heavy atom. The number of para-hydroxylation sites is 1. The van der Waals surface area contributed by atoms with Crippen LogP contribution in [0.15, 0.2) is 53.4 Å². The minimum Gasteiger partial charge on any atom is -0.317 e. The van der Waals surface area contributed by atoms with Crippen LogP contribution in [0.25, 0.3) is 20.8 Å². The van der Waals surface area contributed by atoms with E-state index in [-0.39, 0.29) is 11.7 Å². The fourth-order valence-corrected chi connectivity index (χ4v) is 7.41. The maximum atomic E-state index is 13.1. The number of benzene rings is 2. The summed E-state index contributed by atoms with van der Waals surface area (Å²) in [4.78, 5) is 20.0. The number of carbonyl (C=O) groups is 1. The van der Waals surface area contributed by atoms with Crippen LogP contribution >= 0.6 is 34.4 Å². The number of aromatic nitrogens is 1. The summed E-state index contributed by atoms with van der Waals surface area (Å²) in [5.41, 5.74) is 3.49. The van der Waals surface area contributed by atoms with Crippen LogP contribution < -0.4 is 5.32 Å². The highest BCUT2D eigenvalue weighted by Gasteiger charge is 2.27. The number of thioether (sulfide) groups is 1. The molecule has 0 radical (unpaired) electrons. The molecule has 1 N–H and O–H groups in total. The van der Waals surface area contributed by atoms with Crippen molar-refractivity contribution in [3.05, 3.63) is 64.8 Å². The van der Waals surface area contributed by atoms with E-state index >= 15 is 0 Å². The van der Waals surface area contributed by atoms with Crippen LogP contribution in [0.2, 0.25) is 0 Å². The van der Waals surface area contributed by atoms with Crippen LogP contribution in [0.1, 0.15) is 30.2 Å². The number of anilines is 1. The summed E-state index contributed by atoms with van der Waals surface area (Å²) in [5.74, 6) is 1.08. The fraction of sp³-hybridized carbons (Fsp3) is 0.280. The van der Waals surface area contributed by atoms with Crippen LogP contribution in [0.4, 0.5) is 9.39 Å². The first-order chi connectivity index (χ1) is 15.6. The minimum atomic E-state index is -0.245. The smallest absolute Gasteiger partial charge is 0.225 e. The van der Waals surface area contributed by atoms with E-state index in [0.29, 0.717) is 18.1 Å². The molecule has 164 valence electrons. The number of thiophene rings is 1. The Morgan fingerprint density at radius 2 is 2.00 bits per heavy atom. The zero-order valence-corrected chi connectivity index (χ0v) is 20.1. The second-order valence-electron chi connectivity index (χ2n) is 8.14. The molecule has 2 aromatic carbocycles. The molecule has 5 rings (SSSR count). The van der Waals surface area contributed by atoms with Crippen molar-refractivity contribution in [2.45, 2.75) is 37.5 Å². The van der Waals surface area contributed by atoms with Crippen LogP contribution in [0.3, 0.4) is 0 Å². The lowest BCUT2D eigenvalue weighted by atomic mass is 9.88. The summed E-state index contributed by atoms with van der Waals surface area (Å²) < 4.78 is 14.2. The van der Waals surface area contributed by atoms with Crippen molar-refractivity contribution in [1.29, 1.82) is 0 Å². The first-order valence-corrected chi connectivity index (χ1v) is 13.4. The zero-order chi connectivity index (χ0) is 22.1. The molecule has 1 aliphatic carbocycles. The van der Waals surface area contributed by atoms with Crippen LogP contribution in [0.5, 0.6) is 0 Å². The Hall–Kier alpha value is -2.22. The van der Waals surface area contributed by atoms with Crippen molar-refractivity contribution in [3.63, 3.8) is 0 Å². The Kier molecular flexibility index (Phi) is 6.31. The highest BCUT2D eigenvalue weighted by Crippen LogP contribution is 2.47. The van der Waals surface area contributed by atoms with E-state index in [0.717, 1.165) is 38.8 Å². The lowest BCUT2D eigenvalue weighted by Gasteiger charge is -2.18. The molecular weight excluding hydrogens is 459 g/mol. The number of hydrogen-bond acceptors (Lipinski definition) is 5. The third-order valence-electron chi connectivity index (χ3n) is 5.68. The SMILES string of the molecule is CC1CCc2c(sc(NC(=O)CCSc3ccc(F)cc3)c2-c2nc3ccccc3s2)C1. The standard InChI is InChI=1S/C25H23FN2OS3/c1-15-6-11-18-21(14-15)32-25(23(18)24-27-19-4-2-3-5-20(19)31-24)28-22(29)12-13-30-17-9-7-16(26)8-10-17/h2-5,7-10,15H,6,11-14H2,1H3,(H,28,29). The lowest BCUT2D eigenvalue weighted by Crippen LogP contribution is -2.12. The van der Waals surface area contributed by atoms with Gasteiger partial charge in [0, 0.05) is 27.5 Å². The van der Waals surface area contributed by atoms with E-state index in [2.05, 4.69) is 18.3 Å². The average Bonchev–Trinajstić information content (AvgIpc) is 3.35. The summed E-state index contributed by atoms with van der Waals surface area (Å²) >= 11 is 4.98. The molecule has 0 saturated carbocycles. The third kappa shape index (κ3) is 4.60. The van der Waals surface area contributed by atoms with Crippen molar-refractivity contribution in [1.82, 2.24) is 4.98 Å². The van der Waals surface area contributed by atoms with Crippen molar-refractivity contribution in [2.75, 3.05) is 11.1 Å². The van der Waals surface area contributed by atoms with E-state index in [1.807, 2.05) is 18.2 Å². The van der Waals surface area contributed by atoms with Gasteiger partial charge < -0.3 is 5.32 Å². The van der Waals surface area contributed by atoms with Gasteiger partial charge in [0.2, 0.25) is 5.91 Å². The summed E-state index contributed by atoms with van der Waals surface area (Å²) in [7, 11) is 0. The third-order valence-corrected chi connectivity index (χ3v) is 8.92. The van der Waals surface area contributed by atoms with E-state index in [4.69, 9.17) is 4.98 Å². The van der Waals surface area contributed by atoms with Crippen LogP contribution in [-0.2, 0) is 17.6 Å². The zero-order valence-electron chi connectivity index (χ0n) is 17.7. The van der Waals surface area contributed by atoms with Gasteiger partial charge in [0.25, 0.3) is 0 Å². The number of rotatable bonds is 6. The van der Waals surface area contributed by atoms with Gasteiger partial charge in [-0.1, -0.05) is 19.1 Å². The fourth-order valence-electron chi connectivity index (χ4n) is 4.03. The molecule has 1 atom stereocenters. The van der Waals surface area contributed by atoms with Crippen LogP contribution in [-0.4, -0.2) is 16.6 Å². The van der Waals surface area contributed by atoms with Gasteiger partial charge >= 0.3 is 0 Å².